The van der Waals surface area contributed by atoms with Crippen molar-refractivity contribution in [3.8, 4) is 32.4 Å². The number of thiophene rings is 1. The van der Waals surface area contributed by atoms with Crippen LogP contribution in [0.4, 0.5) is 0 Å². The van der Waals surface area contributed by atoms with Gasteiger partial charge in [-0.15, -0.1) is 11.3 Å². The van der Waals surface area contributed by atoms with Crippen molar-refractivity contribution in [3.63, 3.8) is 0 Å². The van der Waals surface area contributed by atoms with Gasteiger partial charge in [-0.2, -0.15) is 0 Å². The number of aryl methyl sites for hydroxylation is 2. The number of benzene rings is 2. The first kappa shape index (κ1) is 15.6. The SMILES string of the molecule is COc1ccc(-c2ccc(-c3ccc(OC)c(C)c3)s2)cc1C. The largest absolute Gasteiger partial charge is 0.496 e. The summed E-state index contributed by atoms with van der Waals surface area (Å²) in [6.45, 7) is 4.15. The molecule has 0 saturated carbocycles. The molecule has 0 N–H and O–H groups in total. The summed E-state index contributed by atoms with van der Waals surface area (Å²) < 4.78 is 10.7. The van der Waals surface area contributed by atoms with Crippen LogP contribution < -0.4 is 9.47 Å². The topological polar surface area (TPSA) is 18.5 Å². The minimum absolute atomic E-state index is 0.927. The molecule has 0 spiro atoms. The highest BCUT2D eigenvalue weighted by molar-refractivity contribution is 7.18. The summed E-state index contributed by atoms with van der Waals surface area (Å²) in [4.78, 5) is 2.53. The average molecular weight is 324 g/mol. The first-order valence-corrected chi connectivity index (χ1v) is 8.34. The van der Waals surface area contributed by atoms with E-state index in [1.165, 1.54) is 20.9 Å². The number of hydrogen-bond acceptors (Lipinski definition) is 3. The summed E-state index contributed by atoms with van der Waals surface area (Å²) in [6.07, 6.45) is 0. The number of hydrogen-bond donors (Lipinski definition) is 0. The predicted octanol–water partition coefficient (Wildman–Crippen LogP) is 5.72. The van der Waals surface area contributed by atoms with Crippen LogP contribution in [0.1, 0.15) is 11.1 Å². The van der Waals surface area contributed by atoms with Crippen LogP contribution in [-0.4, -0.2) is 14.2 Å². The van der Waals surface area contributed by atoms with Crippen molar-refractivity contribution in [2.75, 3.05) is 14.2 Å². The van der Waals surface area contributed by atoms with Crippen LogP contribution in [0.15, 0.2) is 48.5 Å². The van der Waals surface area contributed by atoms with Gasteiger partial charge >= 0.3 is 0 Å². The van der Waals surface area contributed by atoms with Crippen LogP contribution in [-0.2, 0) is 0 Å². The summed E-state index contributed by atoms with van der Waals surface area (Å²) in [7, 11) is 3.41. The van der Waals surface area contributed by atoms with E-state index in [-0.39, 0.29) is 0 Å². The third-order valence-corrected chi connectivity index (χ3v) is 5.15. The molecule has 2 aromatic carbocycles. The molecule has 3 heteroatoms. The van der Waals surface area contributed by atoms with Crippen LogP contribution >= 0.6 is 11.3 Å². The predicted molar refractivity (Wildman–Crippen MR) is 97.8 cm³/mol. The molecule has 0 atom stereocenters. The van der Waals surface area contributed by atoms with Gasteiger partial charge < -0.3 is 9.47 Å². The lowest BCUT2D eigenvalue weighted by Crippen LogP contribution is -1.86. The fourth-order valence-electron chi connectivity index (χ4n) is 2.71. The molecule has 118 valence electrons. The Morgan fingerprint density at radius 2 is 1.09 bits per heavy atom. The van der Waals surface area contributed by atoms with Gasteiger partial charge in [0.05, 0.1) is 14.2 Å². The van der Waals surface area contributed by atoms with Crippen molar-refractivity contribution >= 4 is 11.3 Å². The molecule has 3 aromatic rings. The number of ether oxygens (including phenoxy) is 2. The Morgan fingerprint density at radius 1 is 0.652 bits per heavy atom. The molecule has 0 unspecified atom stereocenters. The Bertz CT molecular complexity index is 765. The van der Waals surface area contributed by atoms with Crippen molar-refractivity contribution < 1.29 is 9.47 Å². The van der Waals surface area contributed by atoms with E-state index in [1.807, 2.05) is 12.1 Å². The second-order valence-corrected chi connectivity index (χ2v) is 6.62. The lowest BCUT2D eigenvalue weighted by atomic mass is 10.1. The zero-order valence-electron chi connectivity index (χ0n) is 13.8. The fraction of sp³-hybridized carbons (Fsp3) is 0.200. The Labute approximate surface area is 141 Å². The first-order valence-electron chi connectivity index (χ1n) is 7.52. The van der Waals surface area contributed by atoms with Gasteiger partial charge in [-0.25, -0.2) is 0 Å². The Hall–Kier alpha value is -2.26. The monoisotopic (exact) mass is 324 g/mol. The van der Waals surface area contributed by atoms with E-state index in [9.17, 15) is 0 Å². The van der Waals surface area contributed by atoms with Crippen LogP contribution in [0.2, 0.25) is 0 Å². The minimum Gasteiger partial charge on any atom is -0.496 e. The molecule has 1 aromatic heterocycles. The molecule has 0 aliphatic carbocycles. The smallest absolute Gasteiger partial charge is 0.121 e. The zero-order valence-corrected chi connectivity index (χ0v) is 14.7. The van der Waals surface area contributed by atoms with Crippen molar-refractivity contribution in [3.05, 3.63) is 59.7 Å². The molecule has 0 bridgehead atoms. The Morgan fingerprint density at radius 3 is 1.43 bits per heavy atom. The van der Waals surface area contributed by atoms with Gasteiger partial charge in [0.25, 0.3) is 0 Å². The summed E-state index contributed by atoms with van der Waals surface area (Å²) in [6, 6.07) is 17.0. The molecule has 0 saturated heterocycles. The minimum atomic E-state index is 0.927. The lowest BCUT2D eigenvalue weighted by molar-refractivity contribution is 0.411. The van der Waals surface area contributed by atoms with E-state index >= 15 is 0 Å². The summed E-state index contributed by atoms with van der Waals surface area (Å²) >= 11 is 1.80. The summed E-state index contributed by atoms with van der Waals surface area (Å²) in [5.74, 6) is 1.85. The number of rotatable bonds is 4. The maximum Gasteiger partial charge on any atom is 0.121 e. The lowest BCUT2D eigenvalue weighted by Gasteiger charge is -2.07. The first-order chi connectivity index (χ1) is 11.1. The molecule has 1 heterocycles. The highest BCUT2D eigenvalue weighted by Gasteiger charge is 2.08. The van der Waals surface area contributed by atoms with E-state index in [2.05, 4.69) is 50.2 Å². The van der Waals surface area contributed by atoms with Crippen LogP contribution in [0.3, 0.4) is 0 Å². The average Bonchev–Trinajstić information content (AvgIpc) is 3.04. The standard InChI is InChI=1S/C20H20O2S/c1-13-11-15(5-7-17(13)21-3)19-9-10-20(23-19)16-6-8-18(22-4)14(2)12-16/h5-12H,1-4H3. The van der Waals surface area contributed by atoms with Crippen molar-refractivity contribution in [2.24, 2.45) is 0 Å². The Balaban J connectivity index is 1.94. The third kappa shape index (κ3) is 3.10. The number of methoxy groups -OCH3 is 2. The molecular weight excluding hydrogens is 304 g/mol. The molecule has 0 aliphatic heterocycles. The van der Waals surface area contributed by atoms with E-state index in [0.29, 0.717) is 0 Å². The molecule has 0 fully saturated rings. The van der Waals surface area contributed by atoms with Gasteiger partial charge in [0.1, 0.15) is 11.5 Å². The molecule has 3 rings (SSSR count). The summed E-state index contributed by atoms with van der Waals surface area (Å²) in [5.41, 5.74) is 4.76. The van der Waals surface area contributed by atoms with E-state index in [4.69, 9.17) is 9.47 Å². The molecule has 0 amide bonds. The molecular formula is C20H20O2S. The second kappa shape index (κ2) is 6.47. The quantitative estimate of drug-likeness (QED) is 0.611. The molecule has 2 nitrogen and oxygen atoms in total. The van der Waals surface area contributed by atoms with Gasteiger partial charge in [0, 0.05) is 9.75 Å². The van der Waals surface area contributed by atoms with Gasteiger partial charge in [-0.3, -0.25) is 0 Å². The molecule has 0 radical (unpaired) electrons. The Kier molecular flexibility index (Phi) is 4.39. The van der Waals surface area contributed by atoms with E-state index in [0.717, 1.165) is 22.6 Å². The van der Waals surface area contributed by atoms with Crippen molar-refractivity contribution in [2.45, 2.75) is 13.8 Å². The second-order valence-electron chi connectivity index (χ2n) is 5.53. The maximum absolute atomic E-state index is 5.34. The molecule has 0 aliphatic rings. The maximum atomic E-state index is 5.34. The normalized spacial score (nSPS) is 10.6. The molecule has 23 heavy (non-hydrogen) atoms. The highest BCUT2D eigenvalue weighted by atomic mass is 32.1. The van der Waals surface area contributed by atoms with Crippen molar-refractivity contribution in [1.29, 1.82) is 0 Å². The van der Waals surface area contributed by atoms with Gasteiger partial charge in [0.2, 0.25) is 0 Å². The summed E-state index contributed by atoms with van der Waals surface area (Å²) in [5, 5.41) is 0. The third-order valence-electron chi connectivity index (χ3n) is 3.96. The van der Waals surface area contributed by atoms with Crippen LogP contribution in [0.25, 0.3) is 20.9 Å². The highest BCUT2D eigenvalue weighted by Crippen LogP contribution is 2.37. The van der Waals surface area contributed by atoms with Crippen LogP contribution in [0.5, 0.6) is 11.5 Å². The zero-order chi connectivity index (χ0) is 16.4. The fourth-order valence-corrected chi connectivity index (χ4v) is 3.71. The van der Waals surface area contributed by atoms with Crippen molar-refractivity contribution in [1.82, 2.24) is 0 Å². The van der Waals surface area contributed by atoms with Crippen LogP contribution in [0, 0.1) is 13.8 Å². The van der Waals surface area contributed by atoms with Gasteiger partial charge in [0.15, 0.2) is 0 Å². The van der Waals surface area contributed by atoms with E-state index in [1.54, 1.807) is 25.6 Å². The van der Waals surface area contributed by atoms with E-state index < -0.39 is 0 Å². The van der Waals surface area contributed by atoms with Gasteiger partial charge in [-0.1, -0.05) is 0 Å². The van der Waals surface area contributed by atoms with Gasteiger partial charge in [-0.05, 0) is 84.6 Å².